The first kappa shape index (κ1) is 26.6. The van der Waals surface area contributed by atoms with Crippen LogP contribution in [-0.4, -0.2) is 63.0 Å². The highest BCUT2D eigenvalue weighted by atomic mass is 16.5. The van der Waals surface area contributed by atoms with Crippen molar-refractivity contribution in [2.24, 2.45) is 5.73 Å². The number of ether oxygens (including phenoxy) is 1. The molecule has 4 N–H and O–H groups in total. The van der Waals surface area contributed by atoms with Gasteiger partial charge in [-0.05, 0) is 53.4 Å². The third-order valence-electron chi connectivity index (χ3n) is 7.57. The number of hydrogen-bond donors (Lipinski definition) is 3. The fourth-order valence-electron chi connectivity index (χ4n) is 5.34. The second-order valence-electron chi connectivity index (χ2n) is 10.4. The third-order valence-corrected chi connectivity index (χ3v) is 7.57. The molecule has 1 aliphatic rings. The maximum Gasteiger partial charge on any atom is 0.239 e. The van der Waals surface area contributed by atoms with Crippen molar-refractivity contribution in [1.29, 1.82) is 0 Å². The number of benzene rings is 3. The minimum absolute atomic E-state index is 0.00177. The average molecular weight is 548 g/mol. The number of carbonyl (C=O) groups excluding carboxylic acids is 1. The van der Waals surface area contributed by atoms with E-state index in [0.717, 1.165) is 41.7 Å². The highest BCUT2D eigenvalue weighted by Crippen LogP contribution is 2.37. The third kappa shape index (κ3) is 6.09. The molecule has 3 heterocycles. The number of nitrogens with zero attached hydrogens (tertiary/aromatic N) is 3. The normalized spacial score (nSPS) is 14.7. The second kappa shape index (κ2) is 11.8. The number of aromatic amines is 1. The summed E-state index contributed by atoms with van der Waals surface area (Å²) in [4.78, 5) is 25.0. The molecule has 1 amide bonds. The second-order valence-corrected chi connectivity index (χ2v) is 10.4. The van der Waals surface area contributed by atoms with E-state index in [4.69, 9.17) is 10.5 Å². The van der Waals surface area contributed by atoms with Crippen molar-refractivity contribution in [3.05, 3.63) is 108 Å². The summed E-state index contributed by atoms with van der Waals surface area (Å²) in [6, 6.07) is 26.4. The lowest BCUT2D eigenvalue weighted by atomic mass is 10.0. The zero-order valence-corrected chi connectivity index (χ0v) is 22.7. The van der Waals surface area contributed by atoms with Gasteiger partial charge in [-0.15, -0.1) is 0 Å². The predicted molar refractivity (Wildman–Crippen MR) is 160 cm³/mol. The van der Waals surface area contributed by atoms with E-state index < -0.39 is 6.04 Å². The van der Waals surface area contributed by atoms with E-state index in [1.165, 1.54) is 5.56 Å². The molecule has 3 aromatic carbocycles. The lowest BCUT2D eigenvalue weighted by Gasteiger charge is -2.36. The summed E-state index contributed by atoms with van der Waals surface area (Å²) < 4.78 is 6.27. The highest BCUT2D eigenvalue weighted by molar-refractivity contribution is 5.98. The lowest BCUT2D eigenvalue weighted by molar-refractivity contribution is -0.134. The van der Waals surface area contributed by atoms with E-state index >= 15 is 0 Å². The Kier molecular flexibility index (Phi) is 7.67. The Labute approximate surface area is 239 Å². The van der Waals surface area contributed by atoms with Crippen LogP contribution in [-0.2, 0) is 17.8 Å². The monoisotopic (exact) mass is 547 g/mol. The van der Waals surface area contributed by atoms with Gasteiger partial charge in [0.15, 0.2) is 0 Å². The van der Waals surface area contributed by atoms with E-state index in [1.807, 2.05) is 59.6 Å². The fraction of sp³-hybridized carbons (Fsp3) is 0.212. The molecule has 5 aromatic rings. The number of rotatable bonds is 8. The first-order chi connectivity index (χ1) is 20.0. The predicted octanol–water partition coefficient (Wildman–Crippen LogP) is 4.94. The molecular weight excluding hydrogens is 514 g/mol. The Morgan fingerprint density at radius 2 is 1.66 bits per heavy atom. The van der Waals surface area contributed by atoms with Crippen LogP contribution in [0.1, 0.15) is 11.1 Å². The zero-order valence-electron chi connectivity index (χ0n) is 22.7. The standard InChI is InChI=1S/C33H33N5O3/c34-29(33(40)38-18-16-37(17-19-38)22-24-4-2-1-3-5-24)20-23-6-12-27(13-7-23)41-30-14-15-35-32-31(30)28(21-36-32)25-8-10-26(39)11-9-25/h1-15,21,29,39H,16-20,22,34H2,(H,35,36). The summed E-state index contributed by atoms with van der Waals surface area (Å²) in [6.45, 7) is 3.97. The molecule has 0 saturated carbocycles. The number of carbonyl (C=O) groups is 1. The van der Waals surface area contributed by atoms with Crippen molar-refractivity contribution in [2.45, 2.75) is 19.0 Å². The van der Waals surface area contributed by atoms with Gasteiger partial charge in [-0.1, -0.05) is 54.6 Å². The van der Waals surface area contributed by atoms with Crippen LogP contribution in [0.4, 0.5) is 0 Å². The van der Waals surface area contributed by atoms with Crippen molar-refractivity contribution >= 4 is 16.9 Å². The number of hydrogen-bond acceptors (Lipinski definition) is 6. The number of aromatic nitrogens is 2. The molecule has 0 radical (unpaired) electrons. The molecule has 1 aliphatic heterocycles. The molecule has 208 valence electrons. The number of fused-ring (bicyclic) bond motifs is 1. The fourth-order valence-corrected chi connectivity index (χ4v) is 5.34. The van der Waals surface area contributed by atoms with Crippen LogP contribution in [0.25, 0.3) is 22.2 Å². The van der Waals surface area contributed by atoms with E-state index in [2.05, 4.69) is 39.1 Å². The minimum Gasteiger partial charge on any atom is -0.508 e. The van der Waals surface area contributed by atoms with E-state index in [9.17, 15) is 9.90 Å². The number of piperazine rings is 1. The molecule has 0 spiro atoms. The van der Waals surface area contributed by atoms with Gasteiger partial charge in [0, 0.05) is 50.7 Å². The van der Waals surface area contributed by atoms with E-state index in [-0.39, 0.29) is 11.7 Å². The van der Waals surface area contributed by atoms with Crippen molar-refractivity contribution in [1.82, 2.24) is 19.8 Å². The first-order valence-electron chi connectivity index (χ1n) is 13.9. The number of phenols is 1. The number of H-pyrrole nitrogens is 1. The summed E-state index contributed by atoms with van der Waals surface area (Å²) in [5, 5.41) is 10.5. The lowest BCUT2D eigenvalue weighted by Crippen LogP contribution is -2.53. The Morgan fingerprint density at radius 1 is 0.927 bits per heavy atom. The van der Waals surface area contributed by atoms with Crippen LogP contribution in [0.3, 0.4) is 0 Å². The number of pyridine rings is 1. The Balaban J connectivity index is 1.07. The smallest absolute Gasteiger partial charge is 0.239 e. The van der Waals surface area contributed by atoms with Gasteiger partial charge in [-0.2, -0.15) is 0 Å². The van der Waals surface area contributed by atoms with Gasteiger partial charge >= 0.3 is 0 Å². The average Bonchev–Trinajstić information content (AvgIpc) is 3.44. The largest absolute Gasteiger partial charge is 0.508 e. The van der Waals surface area contributed by atoms with Crippen LogP contribution in [0.15, 0.2) is 97.3 Å². The maximum absolute atomic E-state index is 13.1. The quantitative estimate of drug-likeness (QED) is 0.254. The van der Waals surface area contributed by atoms with Gasteiger partial charge in [0.2, 0.25) is 5.91 Å². The molecule has 41 heavy (non-hydrogen) atoms. The Hall–Kier alpha value is -4.66. The van der Waals surface area contributed by atoms with Gasteiger partial charge in [0.1, 0.15) is 22.9 Å². The molecule has 2 aromatic heterocycles. The number of amides is 1. The summed E-state index contributed by atoms with van der Waals surface area (Å²) in [7, 11) is 0. The van der Waals surface area contributed by atoms with E-state index in [0.29, 0.717) is 36.7 Å². The number of nitrogens with two attached hydrogens (primary N) is 1. The molecule has 0 bridgehead atoms. The minimum atomic E-state index is -0.588. The van der Waals surface area contributed by atoms with Crippen molar-refractivity contribution < 1.29 is 14.6 Å². The molecule has 8 heteroatoms. The molecule has 0 aliphatic carbocycles. The molecule has 1 saturated heterocycles. The van der Waals surface area contributed by atoms with Crippen LogP contribution >= 0.6 is 0 Å². The van der Waals surface area contributed by atoms with Gasteiger partial charge in [0.25, 0.3) is 0 Å². The van der Waals surface area contributed by atoms with Crippen molar-refractivity contribution in [3.8, 4) is 28.4 Å². The SMILES string of the molecule is NC(Cc1ccc(Oc2ccnc3[nH]cc(-c4ccc(O)cc4)c23)cc1)C(=O)N1CCN(Cc2ccccc2)CC1. The summed E-state index contributed by atoms with van der Waals surface area (Å²) >= 11 is 0. The summed E-state index contributed by atoms with van der Waals surface area (Å²) in [5.41, 5.74) is 11.2. The van der Waals surface area contributed by atoms with Gasteiger partial charge < -0.3 is 25.5 Å². The van der Waals surface area contributed by atoms with Crippen molar-refractivity contribution in [3.63, 3.8) is 0 Å². The number of phenolic OH excluding ortho intramolecular Hbond substituents is 1. The van der Waals surface area contributed by atoms with Crippen LogP contribution in [0.2, 0.25) is 0 Å². The molecular formula is C33H33N5O3. The molecule has 6 rings (SSSR count). The summed E-state index contributed by atoms with van der Waals surface area (Å²) in [5.74, 6) is 1.56. The first-order valence-corrected chi connectivity index (χ1v) is 13.9. The van der Waals surface area contributed by atoms with Gasteiger partial charge in [-0.3, -0.25) is 9.69 Å². The maximum atomic E-state index is 13.1. The number of aromatic hydroxyl groups is 1. The Morgan fingerprint density at radius 3 is 2.39 bits per heavy atom. The van der Waals surface area contributed by atoms with Gasteiger partial charge in [-0.25, -0.2) is 4.98 Å². The van der Waals surface area contributed by atoms with Crippen LogP contribution in [0, 0.1) is 0 Å². The topological polar surface area (TPSA) is 108 Å². The molecule has 1 unspecified atom stereocenters. The molecule has 1 atom stereocenters. The van der Waals surface area contributed by atoms with Crippen LogP contribution in [0.5, 0.6) is 17.2 Å². The molecule has 8 nitrogen and oxygen atoms in total. The number of nitrogens with one attached hydrogen (secondary N) is 1. The van der Waals surface area contributed by atoms with E-state index in [1.54, 1.807) is 18.3 Å². The summed E-state index contributed by atoms with van der Waals surface area (Å²) in [6.07, 6.45) is 4.06. The van der Waals surface area contributed by atoms with Crippen molar-refractivity contribution in [2.75, 3.05) is 26.2 Å². The highest BCUT2D eigenvalue weighted by Gasteiger charge is 2.25. The zero-order chi connectivity index (χ0) is 28.2. The Bertz CT molecular complexity index is 1610. The van der Waals surface area contributed by atoms with Gasteiger partial charge in [0.05, 0.1) is 11.4 Å². The molecule has 1 fully saturated rings. The van der Waals surface area contributed by atoms with Crippen LogP contribution < -0.4 is 10.5 Å².